The molecule has 5 fully saturated rings. The van der Waals surface area contributed by atoms with Gasteiger partial charge in [-0.1, -0.05) is 148 Å². The van der Waals surface area contributed by atoms with Crippen LogP contribution in [0.15, 0.2) is 34.9 Å². The van der Waals surface area contributed by atoms with Crippen LogP contribution in [0, 0.1) is 39.9 Å². The Morgan fingerprint density at radius 2 is 0.718 bits per heavy atom. The molecule has 10 amide bonds. The monoisotopic (exact) mass is 2010 g/mol. The van der Waals surface area contributed by atoms with E-state index in [9.17, 15) is 82.1 Å². The zero-order chi connectivity index (χ0) is 110. The van der Waals surface area contributed by atoms with Gasteiger partial charge in [0, 0.05) is 63.9 Å². The summed E-state index contributed by atoms with van der Waals surface area (Å²) in [6.45, 7) is 63.9. The summed E-state index contributed by atoms with van der Waals surface area (Å²) in [6, 6.07) is -7.48. The molecule has 12 atom stereocenters. The average molecular weight is 2020 g/mol. The van der Waals surface area contributed by atoms with Gasteiger partial charge in [-0.25, -0.2) is 24.0 Å². The van der Waals surface area contributed by atoms with E-state index < -0.39 is 171 Å². The van der Waals surface area contributed by atoms with Gasteiger partial charge in [0.15, 0.2) is 6.29 Å². The number of carbonyl (C=O) groups is 15. The first kappa shape index (κ1) is 131. The minimum atomic E-state index is -1.41. The predicted molar refractivity (Wildman–Crippen MR) is 547 cm³/mol. The van der Waals surface area contributed by atoms with Gasteiger partial charge >= 0.3 is 48.1 Å². The number of carbonyl (C=O) groups excluding carboxylic acids is 12. The molecule has 1 saturated carbocycles. The van der Waals surface area contributed by atoms with Crippen molar-refractivity contribution in [3.05, 3.63) is 34.9 Å². The van der Waals surface area contributed by atoms with E-state index in [-0.39, 0.29) is 90.0 Å². The molecule has 0 aromatic rings. The van der Waals surface area contributed by atoms with E-state index in [2.05, 4.69) is 26.6 Å². The predicted octanol–water partition coefficient (Wildman–Crippen LogP) is 15.5. The molecule has 0 radical (unpaired) electrons. The van der Waals surface area contributed by atoms with Crippen molar-refractivity contribution in [1.82, 2.24) is 56.0 Å². The maximum Gasteiger partial charge on any atom is 0.410 e. The molecule has 0 aromatic heterocycles. The van der Waals surface area contributed by atoms with E-state index in [0.29, 0.717) is 44.5 Å². The number of nitrogens with one attached hydrogen (secondary N) is 5. The third-order valence-corrected chi connectivity index (χ3v) is 24.3. The number of carboxylic acid groups (broad SMARTS) is 3. The molecule has 0 bridgehead atoms. The Bertz CT molecular complexity index is 4180. The van der Waals surface area contributed by atoms with Crippen molar-refractivity contribution in [2.24, 2.45) is 39.9 Å². The minimum absolute atomic E-state index is 0.00986. The normalized spacial score (nSPS) is 19.5. The summed E-state index contributed by atoms with van der Waals surface area (Å²) in [7, 11) is 4.94. The molecule has 0 aromatic carbocycles. The molecule has 816 valence electrons. The number of esters is 2. The molecule has 36 nitrogen and oxygen atoms in total. The number of amides is 10. The fourth-order valence-electron chi connectivity index (χ4n) is 16.5. The average Bonchev–Trinajstić information content (AvgIpc) is 0.802. The quantitative estimate of drug-likeness (QED) is 0.0140. The number of nitrogens with zero attached hydrogens (tertiary/aromatic N) is 6. The van der Waals surface area contributed by atoms with Crippen LogP contribution in [0.2, 0.25) is 0 Å². The number of rotatable bonds is 30. The van der Waals surface area contributed by atoms with Gasteiger partial charge in [-0.05, 0) is 262 Å². The zero-order valence-corrected chi connectivity index (χ0v) is 93.5. The van der Waals surface area contributed by atoms with E-state index in [1.165, 1.54) is 37.8 Å². The van der Waals surface area contributed by atoms with Gasteiger partial charge in [0.05, 0.1) is 42.3 Å². The lowest BCUT2D eigenvalue weighted by atomic mass is 9.84. The number of likely N-dealkylation sites (tertiary alicyclic amines) is 3. The van der Waals surface area contributed by atoms with Crippen molar-refractivity contribution in [3.8, 4) is 0 Å². The molecule has 5 aliphatic rings. The third kappa shape index (κ3) is 47.6. The number of hydrogen-bond acceptors (Lipinski definition) is 23. The molecule has 4 heterocycles. The highest BCUT2D eigenvalue weighted by Gasteiger charge is 2.47. The molecule has 4 aliphatic heterocycles. The number of aliphatic hydroxyl groups excluding tert-OH is 1. The van der Waals surface area contributed by atoms with Crippen molar-refractivity contribution >= 4 is 89.5 Å². The van der Waals surface area contributed by atoms with E-state index >= 15 is 0 Å². The second-order valence-electron chi connectivity index (χ2n) is 47.4. The summed E-state index contributed by atoms with van der Waals surface area (Å²) < 4.78 is 32.9. The number of ether oxygens (including phenoxy) is 6. The van der Waals surface area contributed by atoms with Gasteiger partial charge < -0.3 is 90.1 Å². The first-order chi connectivity index (χ1) is 64.8. The number of carboxylic acids is 3. The Kier molecular flexibility index (Phi) is 53.4. The first-order valence-electron chi connectivity index (χ1n) is 51.0. The highest BCUT2D eigenvalue weighted by Crippen LogP contribution is 2.33. The van der Waals surface area contributed by atoms with Crippen LogP contribution < -0.4 is 26.6 Å². The standard InChI is InChI=1S/C39H70N4O9.C28H49N3O6.C26H45N3O6.C7H12O2.C6H11NO2/c1-24(2)28(23-25(3)31(45)40-26(34(48)51-38(10,11)12)20-21-29(44)50-37(7,8)9)42(16)33(47)30(36(4,5)6)41-32(46)27-19-17-18-22-43(27)35(49)52-39(13,14)15;1-12-36-25(34)19(4)17-21(18(2)3)30(11)24(33)22(27(5,6)7)29-23(32)20-15-13-14-16-31(20)26(35)37-28(8,9)10;1-16(2)19(15-17(3)23(32)33)28(10)22(31)20(25(4,5)6)27-21(30)18-13-11-12-14-29(18)24(34)35-26(7,8)9;8-7(9)6-4-2-1-3-5-6;8-6(9)5-3-1-2-4-7-5/h23-24,26-28,30,34,48H,17-22H2,1-16H3,(H,40,45)(H,41,46);17-18,20-22H,12-16H2,1-11H3,(H,29,32);15-16,18-20H,11-14H2,1-10H3,(H,27,30)(H,32,33);6H,1-5H2,(H,8,9);5,7H,1-4H2,(H,8,9)/b25-23+;19-17+;17-15+;;/t26-,27-,28-,30-,34?;20-,21-,22-;18-,19-,20-;;5-/m111.1/s1. The molecule has 4 saturated heterocycles. The Morgan fingerprint density at radius 3 is 0.979 bits per heavy atom. The van der Waals surface area contributed by atoms with Crippen LogP contribution in [0.5, 0.6) is 0 Å². The Morgan fingerprint density at radius 1 is 0.401 bits per heavy atom. The summed E-state index contributed by atoms with van der Waals surface area (Å²) in [5, 5.41) is 51.8. The number of aliphatic carboxylic acids is 3. The van der Waals surface area contributed by atoms with Crippen LogP contribution in [0.1, 0.15) is 357 Å². The van der Waals surface area contributed by atoms with Gasteiger partial charge in [-0.2, -0.15) is 0 Å². The van der Waals surface area contributed by atoms with Gasteiger partial charge in [-0.3, -0.25) is 62.6 Å². The van der Waals surface area contributed by atoms with Crippen LogP contribution in [0.25, 0.3) is 0 Å². The lowest BCUT2D eigenvalue weighted by Gasteiger charge is -2.40. The summed E-state index contributed by atoms with van der Waals surface area (Å²) in [6.07, 6.45) is 16.3. The number of piperidine rings is 4. The van der Waals surface area contributed by atoms with Crippen molar-refractivity contribution in [2.75, 3.05) is 53.9 Å². The summed E-state index contributed by atoms with van der Waals surface area (Å²) in [4.78, 5) is 200. The van der Waals surface area contributed by atoms with Crippen LogP contribution in [-0.4, -0.2) is 294 Å². The summed E-state index contributed by atoms with van der Waals surface area (Å²) >= 11 is 0. The minimum Gasteiger partial charge on any atom is -0.481 e. The van der Waals surface area contributed by atoms with Crippen molar-refractivity contribution in [3.63, 3.8) is 0 Å². The lowest BCUT2D eigenvalue weighted by molar-refractivity contribution is -0.183. The highest BCUT2D eigenvalue weighted by atomic mass is 16.6. The SMILES string of the molecule is C/C(=C\[C@H](C(C)C)N(C)C(=O)[C@@H](NC(=O)[C@H]1CCCCN1C(=O)OC(C)(C)C)C(C)(C)C)C(=O)N[C@H](CCC(=O)OC(C)(C)C)C(O)OC(C)(C)C.C/C(=C\[C@H](C(C)C)N(C)C(=O)[C@@H](NC(=O)[C@H]1CCCCN1C(=O)OC(C)(C)C)C(C)(C)C)C(=O)O.CCOC(=O)/C(C)=C/[C@H](C(C)C)N(C)C(=O)[C@@H](NC(=O)[C@H]1CCCCN1C(=O)OC(C)(C)C)C(C)(C)C.O=C(O)C1CCCCC1.O=C(O)[C@H]1CCCCN1. The highest BCUT2D eigenvalue weighted by molar-refractivity contribution is 5.96. The molecule has 36 heteroatoms. The Hall–Kier alpha value is -9.45. The van der Waals surface area contributed by atoms with Crippen LogP contribution in [0.3, 0.4) is 0 Å². The Labute approximate surface area is 849 Å². The molecule has 9 N–H and O–H groups in total. The van der Waals surface area contributed by atoms with Gasteiger partial charge in [0.2, 0.25) is 41.4 Å². The van der Waals surface area contributed by atoms with E-state index in [0.717, 1.165) is 90.0 Å². The summed E-state index contributed by atoms with van der Waals surface area (Å²) in [5.41, 5.74) is -4.57. The van der Waals surface area contributed by atoms with Gasteiger partial charge in [0.1, 0.15) is 64.7 Å². The zero-order valence-electron chi connectivity index (χ0n) is 93.5. The molecule has 5 rings (SSSR count). The molecular formula is C106H187N11O25. The van der Waals surface area contributed by atoms with Crippen LogP contribution in [-0.2, 0) is 86.0 Å². The molecule has 1 aliphatic carbocycles. The maximum atomic E-state index is 14.2. The summed E-state index contributed by atoms with van der Waals surface area (Å²) in [5.74, 6) is -6.08. The third-order valence-electron chi connectivity index (χ3n) is 24.3. The van der Waals surface area contributed by atoms with Crippen LogP contribution in [0.4, 0.5) is 14.4 Å². The smallest absolute Gasteiger partial charge is 0.410 e. The van der Waals surface area contributed by atoms with E-state index in [4.69, 9.17) is 38.6 Å². The fraction of sp³-hybridized carbons (Fsp3) is 0.802. The van der Waals surface area contributed by atoms with Crippen molar-refractivity contribution in [1.29, 1.82) is 0 Å². The fourth-order valence-corrected chi connectivity index (χ4v) is 16.5. The van der Waals surface area contributed by atoms with Crippen molar-refractivity contribution in [2.45, 2.75) is 458 Å². The first-order valence-corrected chi connectivity index (χ1v) is 51.0. The Balaban J connectivity index is 0.000000989. The number of aliphatic hydroxyl groups is 1. The van der Waals surface area contributed by atoms with Gasteiger partial charge in [0.25, 0.3) is 0 Å². The topological polar surface area (TPSA) is 472 Å². The lowest BCUT2D eigenvalue weighted by Crippen LogP contribution is -2.60. The largest absolute Gasteiger partial charge is 0.481 e. The molecule has 142 heavy (non-hydrogen) atoms. The second-order valence-corrected chi connectivity index (χ2v) is 47.4. The maximum absolute atomic E-state index is 14.2. The number of likely N-dealkylation sites (N-methyl/N-ethyl adjacent to an activating group) is 3. The number of hydrogen-bond donors (Lipinski definition) is 9. The second kappa shape index (κ2) is 58.0. The van der Waals surface area contributed by atoms with E-state index in [1.807, 2.05) is 104 Å². The molecular weight excluding hydrogens is 1830 g/mol. The van der Waals surface area contributed by atoms with E-state index in [1.54, 1.807) is 169 Å². The molecule has 1 unspecified atom stereocenters. The van der Waals surface area contributed by atoms with Gasteiger partial charge in [-0.15, -0.1) is 0 Å². The molecule has 0 spiro atoms. The van der Waals surface area contributed by atoms with Crippen LogP contribution >= 0.6 is 0 Å². The van der Waals surface area contributed by atoms with Crippen molar-refractivity contribution < 1.29 is 121 Å².